The van der Waals surface area contributed by atoms with Crippen LogP contribution < -0.4 is 5.32 Å². The average molecular weight is 311 g/mol. The second-order valence-corrected chi connectivity index (χ2v) is 4.80. The van der Waals surface area contributed by atoms with Crippen LogP contribution in [-0.4, -0.2) is 55.7 Å². The molecule has 120 valence electrons. The highest BCUT2D eigenvalue weighted by Gasteiger charge is 2.38. The number of carbonyl (C=O) groups excluding carboxylic acids is 1. The van der Waals surface area contributed by atoms with Crippen LogP contribution in [0.4, 0.5) is 0 Å². The van der Waals surface area contributed by atoms with E-state index in [1.165, 1.54) is 24.3 Å². The molecule has 1 aromatic carbocycles. The number of aliphatic hydroxyl groups is 2. The maximum atomic E-state index is 11.5. The fraction of sp³-hybridized carbons (Fsp3) is 0.286. The minimum atomic E-state index is -2.38. The Labute approximate surface area is 126 Å². The maximum absolute atomic E-state index is 11.5. The Morgan fingerprint density at radius 2 is 1.95 bits per heavy atom. The SMILES string of the molecule is C[C@](O)(C(=O)O)[C@H](O)CNC(=O)/C=C/c1ccc(O)c(O)c1. The van der Waals surface area contributed by atoms with E-state index in [0.717, 1.165) is 13.0 Å². The third kappa shape index (κ3) is 4.47. The zero-order chi connectivity index (χ0) is 16.9. The number of carbonyl (C=O) groups is 2. The molecule has 0 radical (unpaired) electrons. The number of aromatic hydroxyl groups is 2. The third-order valence-electron chi connectivity index (χ3n) is 2.98. The van der Waals surface area contributed by atoms with Crippen LogP contribution in [0.15, 0.2) is 24.3 Å². The Hall–Kier alpha value is -2.58. The number of hydrogen-bond donors (Lipinski definition) is 6. The van der Waals surface area contributed by atoms with Gasteiger partial charge in [-0.05, 0) is 30.7 Å². The normalized spacial score (nSPS) is 15.2. The number of carboxylic acid groups (broad SMARTS) is 1. The van der Waals surface area contributed by atoms with Crippen LogP contribution >= 0.6 is 0 Å². The van der Waals surface area contributed by atoms with Crippen LogP contribution in [0.25, 0.3) is 6.08 Å². The molecular weight excluding hydrogens is 294 g/mol. The summed E-state index contributed by atoms with van der Waals surface area (Å²) in [5.41, 5.74) is -1.93. The molecule has 0 aromatic heterocycles. The molecule has 1 rings (SSSR count). The fourth-order valence-corrected chi connectivity index (χ4v) is 1.41. The number of hydrogen-bond acceptors (Lipinski definition) is 6. The highest BCUT2D eigenvalue weighted by Crippen LogP contribution is 2.25. The Morgan fingerprint density at radius 1 is 1.32 bits per heavy atom. The number of aliphatic carboxylic acids is 1. The number of aliphatic hydroxyl groups excluding tert-OH is 1. The molecule has 0 heterocycles. The van der Waals surface area contributed by atoms with Crippen molar-refractivity contribution in [2.75, 3.05) is 6.54 Å². The van der Waals surface area contributed by atoms with Crippen molar-refractivity contribution in [3.63, 3.8) is 0 Å². The third-order valence-corrected chi connectivity index (χ3v) is 2.98. The molecule has 0 saturated carbocycles. The molecule has 1 amide bonds. The summed E-state index contributed by atoms with van der Waals surface area (Å²) in [4.78, 5) is 22.2. The van der Waals surface area contributed by atoms with E-state index < -0.39 is 30.1 Å². The summed E-state index contributed by atoms with van der Waals surface area (Å²) in [5, 5.41) is 48.3. The monoisotopic (exact) mass is 311 g/mol. The lowest BCUT2D eigenvalue weighted by atomic mass is 9.99. The van der Waals surface area contributed by atoms with E-state index >= 15 is 0 Å². The number of phenolic OH excluding ortho intramolecular Hbond substituents is 2. The second kappa shape index (κ2) is 6.92. The first-order chi connectivity index (χ1) is 10.1. The fourth-order valence-electron chi connectivity index (χ4n) is 1.41. The van der Waals surface area contributed by atoms with Crippen LogP contribution in [-0.2, 0) is 9.59 Å². The van der Waals surface area contributed by atoms with Gasteiger partial charge in [0, 0.05) is 12.6 Å². The van der Waals surface area contributed by atoms with Crippen molar-refractivity contribution in [1.82, 2.24) is 5.32 Å². The molecule has 0 unspecified atom stereocenters. The summed E-state index contributed by atoms with van der Waals surface area (Å²) in [6.45, 7) is 0.463. The molecule has 0 aliphatic heterocycles. The molecule has 0 aliphatic carbocycles. The van der Waals surface area contributed by atoms with Crippen molar-refractivity contribution in [2.24, 2.45) is 0 Å². The Kier molecular flexibility index (Phi) is 5.50. The Morgan fingerprint density at radius 3 is 2.50 bits per heavy atom. The zero-order valence-electron chi connectivity index (χ0n) is 11.7. The van der Waals surface area contributed by atoms with E-state index in [2.05, 4.69) is 5.32 Å². The molecule has 0 bridgehead atoms. The lowest BCUT2D eigenvalue weighted by molar-refractivity contribution is -0.168. The number of rotatable bonds is 6. The van der Waals surface area contributed by atoms with Crippen molar-refractivity contribution in [3.05, 3.63) is 29.8 Å². The summed E-state index contributed by atoms with van der Waals surface area (Å²) < 4.78 is 0. The minimum Gasteiger partial charge on any atom is -0.504 e. The van der Waals surface area contributed by atoms with E-state index in [1.54, 1.807) is 0 Å². The van der Waals surface area contributed by atoms with Gasteiger partial charge in [-0.1, -0.05) is 6.07 Å². The first-order valence-electron chi connectivity index (χ1n) is 6.26. The molecule has 2 atom stereocenters. The highest BCUT2D eigenvalue weighted by atomic mass is 16.4. The molecule has 22 heavy (non-hydrogen) atoms. The molecule has 0 saturated heterocycles. The van der Waals surface area contributed by atoms with Crippen molar-refractivity contribution in [3.8, 4) is 11.5 Å². The number of nitrogens with one attached hydrogen (secondary N) is 1. The standard InChI is InChI=1S/C14H17NO7/c1-14(22,13(20)21)11(18)7-15-12(19)5-3-8-2-4-9(16)10(17)6-8/h2-6,11,16-18,22H,7H2,1H3,(H,15,19)(H,20,21)/b5-3+/t11-,14-/m1/s1. The van der Waals surface area contributed by atoms with Gasteiger partial charge in [-0.3, -0.25) is 4.79 Å². The van der Waals surface area contributed by atoms with Crippen LogP contribution in [0.3, 0.4) is 0 Å². The van der Waals surface area contributed by atoms with E-state index in [4.69, 9.17) is 10.2 Å². The topological polar surface area (TPSA) is 147 Å². The maximum Gasteiger partial charge on any atom is 0.338 e. The van der Waals surface area contributed by atoms with Gasteiger partial charge < -0.3 is 30.8 Å². The zero-order valence-corrected chi connectivity index (χ0v) is 11.7. The lowest BCUT2D eigenvalue weighted by Gasteiger charge is -2.24. The van der Waals surface area contributed by atoms with E-state index in [9.17, 15) is 24.9 Å². The van der Waals surface area contributed by atoms with Gasteiger partial charge in [0.05, 0.1) is 0 Å². The first-order valence-corrected chi connectivity index (χ1v) is 6.26. The summed E-state index contributed by atoms with van der Waals surface area (Å²) in [6, 6.07) is 3.95. The summed E-state index contributed by atoms with van der Waals surface area (Å²) in [5.74, 6) is -2.87. The van der Waals surface area contributed by atoms with Gasteiger partial charge in [0.1, 0.15) is 6.10 Å². The van der Waals surface area contributed by atoms with Gasteiger partial charge in [-0.25, -0.2) is 4.79 Å². The summed E-state index contributed by atoms with van der Waals surface area (Å²) >= 11 is 0. The molecule has 8 heteroatoms. The smallest absolute Gasteiger partial charge is 0.338 e. The first kappa shape index (κ1) is 17.5. The summed E-state index contributed by atoms with van der Waals surface area (Å²) in [7, 11) is 0. The highest BCUT2D eigenvalue weighted by molar-refractivity contribution is 5.91. The van der Waals surface area contributed by atoms with Crippen molar-refractivity contribution >= 4 is 18.0 Å². The van der Waals surface area contributed by atoms with Crippen molar-refractivity contribution in [1.29, 1.82) is 0 Å². The van der Waals surface area contributed by atoms with E-state index in [1.807, 2.05) is 0 Å². The van der Waals surface area contributed by atoms with Gasteiger partial charge in [-0.15, -0.1) is 0 Å². The van der Waals surface area contributed by atoms with Gasteiger partial charge in [0.2, 0.25) is 5.91 Å². The van der Waals surface area contributed by atoms with Gasteiger partial charge in [0.15, 0.2) is 17.1 Å². The molecule has 0 spiro atoms. The van der Waals surface area contributed by atoms with Crippen LogP contribution in [0.2, 0.25) is 0 Å². The molecule has 0 aliphatic rings. The molecule has 6 N–H and O–H groups in total. The van der Waals surface area contributed by atoms with Gasteiger partial charge in [0.25, 0.3) is 0 Å². The van der Waals surface area contributed by atoms with E-state index in [0.29, 0.717) is 5.56 Å². The Balaban J connectivity index is 2.58. The average Bonchev–Trinajstić information content (AvgIpc) is 2.45. The number of phenols is 2. The van der Waals surface area contributed by atoms with Crippen LogP contribution in [0.1, 0.15) is 12.5 Å². The van der Waals surface area contributed by atoms with Crippen LogP contribution in [0, 0.1) is 0 Å². The predicted molar refractivity (Wildman–Crippen MR) is 76.1 cm³/mol. The summed E-state index contributed by atoms with van der Waals surface area (Å²) in [6.07, 6.45) is 0.754. The van der Waals surface area contributed by atoms with Crippen LogP contribution in [0.5, 0.6) is 11.5 Å². The molecule has 8 nitrogen and oxygen atoms in total. The molecular formula is C14H17NO7. The Bertz CT molecular complexity index is 595. The number of amides is 1. The number of carboxylic acids is 1. The number of benzene rings is 1. The van der Waals surface area contributed by atoms with Crippen molar-refractivity contribution in [2.45, 2.75) is 18.6 Å². The largest absolute Gasteiger partial charge is 0.504 e. The van der Waals surface area contributed by atoms with Gasteiger partial charge in [-0.2, -0.15) is 0 Å². The minimum absolute atomic E-state index is 0.291. The molecule has 0 fully saturated rings. The second-order valence-electron chi connectivity index (χ2n) is 4.80. The predicted octanol–water partition coefficient (Wildman–Crippen LogP) is -0.576. The van der Waals surface area contributed by atoms with E-state index in [-0.39, 0.29) is 11.5 Å². The van der Waals surface area contributed by atoms with Gasteiger partial charge >= 0.3 is 5.97 Å². The molecule has 1 aromatic rings. The lowest BCUT2D eigenvalue weighted by Crippen LogP contribution is -2.51. The quantitative estimate of drug-likeness (QED) is 0.304. The van der Waals surface area contributed by atoms with Crippen molar-refractivity contribution < 1.29 is 35.1 Å².